The highest BCUT2D eigenvalue weighted by molar-refractivity contribution is 7.85. The van der Waals surface area contributed by atoms with Gasteiger partial charge in [-0.3, -0.25) is 9.59 Å². The summed E-state index contributed by atoms with van der Waals surface area (Å²) in [6, 6.07) is 10.6. The van der Waals surface area contributed by atoms with Crippen LogP contribution in [0.1, 0.15) is 10.4 Å². The van der Waals surface area contributed by atoms with Crippen LogP contribution in [0.3, 0.4) is 0 Å². The zero-order valence-electron chi connectivity index (χ0n) is 11.1. The van der Waals surface area contributed by atoms with Crippen LogP contribution >= 0.6 is 0 Å². The van der Waals surface area contributed by atoms with Gasteiger partial charge in [0.05, 0.1) is 26.6 Å². The number of hydrogen-bond acceptors (Lipinski definition) is 4. The van der Waals surface area contributed by atoms with Crippen LogP contribution in [0.25, 0.3) is 11.0 Å². The minimum absolute atomic E-state index is 0.0593. The molecule has 0 N–H and O–H groups in total. The summed E-state index contributed by atoms with van der Waals surface area (Å²) < 4.78 is 31.8. The predicted octanol–water partition coefficient (Wildman–Crippen LogP) is 2.91. The van der Waals surface area contributed by atoms with Crippen LogP contribution in [0.4, 0.5) is 4.39 Å². The van der Waals surface area contributed by atoms with Crippen molar-refractivity contribution < 1.29 is 17.8 Å². The van der Waals surface area contributed by atoms with Crippen LogP contribution in [-0.4, -0.2) is 10.5 Å². The molecule has 0 aliphatic rings. The molecule has 2 aromatic carbocycles. The number of rotatable bonds is 3. The minimum Gasteiger partial charge on any atom is -0.463 e. The fraction of sp³-hybridized carbons (Fsp3) is 0. The van der Waals surface area contributed by atoms with Crippen molar-refractivity contribution >= 4 is 28.1 Å². The summed E-state index contributed by atoms with van der Waals surface area (Å²) in [6.07, 6.45) is 1.35. The summed E-state index contributed by atoms with van der Waals surface area (Å²) in [4.78, 5) is 23.0. The number of benzene rings is 2. The third-order valence-corrected chi connectivity index (χ3v) is 4.55. The van der Waals surface area contributed by atoms with E-state index < -0.39 is 22.0 Å². The maximum absolute atomic E-state index is 14.2. The molecule has 1 heterocycles. The lowest BCUT2D eigenvalue weighted by molar-refractivity contribution is 0.112. The first kappa shape index (κ1) is 14.3. The highest BCUT2D eigenvalue weighted by Gasteiger charge is 2.16. The minimum atomic E-state index is -1.73. The Morgan fingerprint density at radius 3 is 2.55 bits per heavy atom. The largest absolute Gasteiger partial charge is 0.463 e. The zero-order chi connectivity index (χ0) is 15.7. The summed E-state index contributed by atoms with van der Waals surface area (Å²) in [5, 5.41) is -0.0593. The summed E-state index contributed by atoms with van der Waals surface area (Å²) in [7, 11) is -1.73. The van der Waals surface area contributed by atoms with E-state index in [9.17, 15) is 18.2 Å². The summed E-state index contributed by atoms with van der Waals surface area (Å²) >= 11 is 0. The van der Waals surface area contributed by atoms with Crippen LogP contribution in [0.15, 0.2) is 67.7 Å². The van der Waals surface area contributed by atoms with Crippen LogP contribution < -0.4 is 5.43 Å². The topological polar surface area (TPSA) is 64.3 Å². The number of carbonyl (C=O) groups excluding carboxylic acids is 1. The molecule has 0 bridgehead atoms. The second-order valence-corrected chi connectivity index (χ2v) is 5.95. The molecule has 0 saturated heterocycles. The second kappa shape index (κ2) is 5.65. The van der Waals surface area contributed by atoms with Gasteiger partial charge in [-0.05, 0) is 18.2 Å². The first-order valence-electron chi connectivity index (χ1n) is 6.29. The SMILES string of the molecule is O=Cc1coc2cc(S(=O)c3ccccc3)c(F)cc2c1=O. The number of hydrogen-bond donors (Lipinski definition) is 0. The Hall–Kier alpha value is -2.60. The molecule has 0 spiro atoms. The molecule has 110 valence electrons. The lowest BCUT2D eigenvalue weighted by Crippen LogP contribution is -2.08. The lowest BCUT2D eigenvalue weighted by Gasteiger charge is -2.05. The number of aldehydes is 1. The van der Waals surface area contributed by atoms with Gasteiger partial charge in [-0.2, -0.15) is 0 Å². The molecule has 0 saturated carbocycles. The normalized spacial score (nSPS) is 12.2. The van der Waals surface area contributed by atoms with Gasteiger partial charge >= 0.3 is 0 Å². The molecular weight excluding hydrogens is 307 g/mol. The molecule has 0 radical (unpaired) electrons. The van der Waals surface area contributed by atoms with Crippen LogP contribution in [0.2, 0.25) is 0 Å². The molecule has 4 nitrogen and oxygen atoms in total. The molecule has 0 fully saturated rings. The van der Waals surface area contributed by atoms with E-state index in [1.54, 1.807) is 30.3 Å². The molecule has 1 unspecified atom stereocenters. The van der Waals surface area contributed by atoms with Gasteiger partial charge in [-0.15, -0.1) is 0 Å². The molecule has 22 heavy (non-hydrogen) atoms. The molecule has 0 aliphatic heterocycles. The van der Waals surface area contributed by atoms with Crippen molar-refractivity contribution in [3.05, 3.63) is 70.3 Å². The fourth-order valence-electron chi connectivity index (χ4n) is 2.04. The zero-order valence-corrected chi connectivity index (χ0v) is 11.9. The average Bonchev–Trinajstić information content (AvgIpc) is 2.55. The van der Waals surface area contributed by atoms with E-state index in [0.717, 1.165) is 12.3 Å². The van der Waals surface area contributed by atoms with Gasteiger partial charge in [-0.25, -0.2) is 8.60 Å². The van der Waals surface area contributed by atoms with E-state index in [1.165, 1.54) is 6.07 Å². The molecular formula is C16H9FO4S. The third-order valence-electron chi connectivity index (χ3n) is 3.14. The van der Waals surface area contributed by atoms with E-state index in [0.29, 0.717) is 11.2 Å². The van der Waals surface area contributed by atoms with E-state index in [2.05, 4.69) is 0 Å². The number of fused-ring (bicyclic) bond motifs is 1. The molecule has 1 aromatic heterocycles. The quantitative estimate of drug-likeness (QED) is 0.697. The number of carbonyl (C=O) groups is 1. The molecule has 3 rings (SSSR count). The van der Waals surface area contributed by atoms with Crippen molar-refractivity contribution in [1.29, 1.82) is 0 Å². The van der Waals surface area contributed by atoms with Crippen LogP contribution in [0, 0.1) is 5.82 Å². The fourth-order valence-corrected chi connectivity index (χ4v) is 3.15. The van der Waals surface area contributed by atoms with E-state index in [-0.39, 0.29) is 21.4 Å². The summed E-state index contributed by atoms with van der Waals surface area (Å²) in [6.45, 7) is 0. The van der Waals surface area contributed by atoms with Gasteiger partial charge in [0.25, 0.3) is 0 Å². The van der Waals surface area contributed by atoms with Crippen LogP contribution in [-0.2, 0) is 10.8 Å². The maximum Gasteiger partial charge on any atom is 0.203 e. The number of halogens is 1. The third kappa shape index (κ3) is 2.37. The van der Waals surface area contributed by atoms with Crippen LogP contribution in [0.5, 0.6) is 0 Å². The molecule has 0 aliphatic carbocycles. The van der Waals surface area contributed by atoms with Gasteiger partial charge in [0.2, 0.25) is 5.43 Å². The molecule has 3 aromatic rings. The van der Waals surface area contributed by atoms with Gasteiger partial charge in [0.15, 0.2) is 6.29 Å². The molecule has 6 heteroatoms. The average molecular weight is 316 g/mol. The maximum atomic E-state index is 14.2. The second-order valence-electron chi connectivity index (χ2n) is 4.50. The molecule has 1 atom stereocenters. The lowest BCUT2D eigenvalue weighted by atomic mass is 10.2. The van der Waals surface area contributed by atoms with E-state index in [1.807, 2.05) is 0 Å². The van der Waals surface area contributed by atoms with Crippen molar-refractivity contribution in [1.82, 2.24) is 0 Å². The Morgan fingerprint density at radius 2 is 1.86 bits per heavy atom. The van der Waals surface area contributed by atoms with Crippen molar-refractivity contribution in [3.8, 4) is 0 Å². The summed E-state index contributed by atoms with van der Waals surface area (Å²) in [5.74, 6) is -0.787. The Morgan fingerprint density at radius 1 is 1.14 bits per heavy atom. The Balaban J connectivity index is 2.21. The van der Waals surface area contributed by atoms with Crippen molar-refractivity contribution in [3.63, 3.8) is 0 Å². The smallest absolute Gasteiger partial charge is 0.203 e. The standard InChI is InChI=1S/C16H9FO4S/c17-13-6-12-14(21-9-10(8-18)16(12)19)7-15(13)22(20)11-4-2-1-3-5-11/h1-9H. The highest BCUT2D eigenvalue weighted by Crippen LogP contribution is 2.23. The van der Waals surface area contributed by atoms with Gasteiger partial charge in [0.1, 0.15) is 17.7 Å². The monoisotopic (exact) mass is 316 g/mol. The van der Waals surface area contributed by atoms with Gasteiger partial charge < -0.3 is 4.42 Å². The predicted molar refractivity (Wildman–Crippen MR) is 78.9 cm³/mol. The Labute approximate surface area is 126 Å². The summed E-state index contributed by atoms with van der Waals surface area (Å²) in [5.41, 5.74) is -0.729. The Kier molecular flexibility index (Phi) is 3.68. The van der Waals surface area contributed by atoms with Crippen molar-refractivity contribution in [2.45, 2.75) is 9.79 Å². The van der Waals surface area contributed by atoms with E-state index >= 15 is 0 Å². The van der Waals surface area contributed by atoms with Crippen molar-refractivity contribution in [2.75, 3.05) is 0 Å². The van der Waals surface area contributed by atoms with Gasteiger partial charge in [0, 0.05) is 11.0 Å². The Bertz CT molecular complexity index is 948. The van der Waals surface area contributed by atoms with E-state index in [4.69, 9.17) is 4.42 Å². The van der Waals surface area contributed by atoms with Crippen molar-refractivity contribution in [2.24, 2.45) is 0 Å². The first-order chi connectivity index (χ1) is 10.6. The first-order valence-corrected chi connectivity index (χ1v) is 7.44. The molecule has 0 amide bonds. The van der Waals surface area contributed by atoms with Gasteiger partial charge in [-0.1, -0.05) is 18.2 Å². The highest BCUT2D eigenvalue weighted by atomic mass is 32.2.